The zero-order valence-electron chi connectivity index (χ0n) is 7.94. The number of esters is 1. The Balaban J connectivity index is 2.81. The van der Waals surface area contributed by atoms with Crippen LogP contribution in [0.5, 0.6) is 0 Å². The van der Waals surface area contributed by atoms with Crippen molar-refractivity contribution >= 4 is 17.3 Å². The van der Waals surface area contributed by atoms with Crippen molar-refractivity contribution in [2.45, 2.75) is 19.0 Å². The summed E-state index contributed by atoms with van der Waals surface area (Å²) >= 11 is 0.956. The fourth-order valence-electron chi connectivity index (χ4n) is 0.964. The molecule has 0 saturated heterocycles. The third-order valence-corrected chi connectivity index (χ3v) is 2.63. The summed E-state index contributed by atoms with van der Waals surface area (Å²) in [6.07, 6.45) is -2.14. The SMILES string of the molecule is CCOC(=O)C(F)(F)C(O)c1cccs1. The first-order valence-corrected chi connectivity index (χ1v) is 5.14. The van der Waals surface area contributed by atoms with Crippen LogP contribution in [0.2, 0.25) is 0 Å². The second-order valence-electron chi connectivity index (χ2n) is 2.76. The molecule has 0 spiro atoms. The quantitative estimate of drug-likeness (QED) is 0.813. The van der Waals surface area contributed by atoms with Gasteiger partial charge in [0.2, 0.25) is 0 Å². The molecule has 0 aliphatic rings. The molecule has 0 radical (unpaired) electrons. The van der Waals surface area contributed by atoms with E-state index in [1.165, 1.54) is 19.1 Å². The minimum absolute atomic E-state index is 0.0352. The summed E-state index contributed by atoms with van der Waals surface area (Å²) in [5, 5.41) is 10.8. The van der Waals surface area contributed by atoms with Gasteiger partial charge < -0.3 is 9.84 Å². The predicted molar refractivity (Wildman–Crippen MR) is 50.9 cm³/mol. The molecule has 0 aliphatic heterocycles. The number of rotatable bonds is 4. The Bertz CT molecular complexity index is 324. The van der Waals surface area contributed by atoms with Gasteiger partial charge in [-0.3, -0.25) is 0 Å². The number of hydrogen-bond acceptors (Lipinski definition) is 4. The summed E-state index contributed by atoms with van der Waals surface area (Å²) in [5.41, 5.74) is 0. The highest BCUT2D eigenvalue weighted by atomic mass is 32.1. The smallest absolute Gasteiger partial charge is 0.380 e. The minimum Gasteiger partial charge on any atom is -0.461 e. The molecular weight excluding hydrogens is 226 g/mol. The van der Waals surface area contributed by atoms with Crippen molar-refractivity contribution in [1.82, 2.24) is 0 Å². The second-order valence-corrected chi connectivity index (χ2v) is 3.74. The van der Waals surface area contributed by atoms with Crippen molar-refractivity contribution in [2.75, 3.05) is 6.61 Å². The maximum absolute atomic E-state index is 13.2. The first kappa shape index (κ1) is 12.1. The lowest BCUT2D eigenvalue weighted by Crippen LogP contribution is -2.37. The largest absolute Gasteiger partial charge is 0.461 e. The van der Waals surface area contributed by atoms with E-state index in [9.17, 15) is 18.7 Å². The number of hydrogen-bond donors (Lipinski definition) is 1. The van der Waals surface area contributed by atoms with E-state index in [1.807, 2.05) is 0 Å². The van der Waals surface area contributed by atoms with E-state index in [1.54, 1.807) is 5.38 Å². The molecule has 0 aliphatic carbocycles. The zero-order chi connectivity index (χ0) is 11.5. The number of alkyl halides is 2. The summed E-state index contributed by atoms with van der Waals surface area (Å²) in [6.45, 7) is 1.27. The lowest BCUT2D eigenvalue weighted by molar-refractivity contribution is -0.188. The van der Waals surface area contributed by atoms with Crippen LogP contribution in [-0.2, 0) is 9.53 Å². The Kier molecular flexibility index (Phi) is 3.76. The molecule has 1 heterocycles. The molecule has 0 bridgehead atoms. The number of carbonyl (C=O) groups excluding carboxylic acids is 1. The fourth-order valence-corrected chi connectivity index (χ4v) is 1.71. The third-order valence-electron chi connectivity index (χ3n) is 1.70. The Morgan fingerprint density at radius 2 is 2.40 bits per heavy atom. The van der Waals surface area contributed by atoms with Crippen molar-refractivity contribution in [3.8, 4) is 0 Å². The number of carbonyl (C=O) groups is 1. The van der Waals surface area contributed by atoms with Gasteiger partial charge in [-0.25, -0.2) is 4.79 Å². The average Bonchev–Trinajstić information content (AvgIpc) is 2.69. The van der Waals surface area contributed by atoms with Crippen LogP contribution in [-0.4, -0.2) is 23.6 Å². The first-order valence-electron chi connectivity index (χ1n) is 4.26. The summed E-state index contributed by atoms with van der Waals surface area (Å²) in [7, 11) is 0. The maximum Gasteiger partial charge on any atom is 0.380 e. The molecule has 0 saturated carbocycles. The molecule has 1 rings (SSSR count). The average molecular weight is 236 g/mol. The van der Waals surface area contributed by atoms with Crippen molar-refractivity contribution in [2.24, 2.45) is 0 Å². The highest BCUT2D eigenvalue weighted by Crippen LogP contribution is 2.34. The molecule has 1 atom stereocenters. The summed E-state index contributed by atoms with van der Waals surface area (Å²) in [6, 6.07) is 2.85. The molecule has 1 unspecified atom stereocenters. The molecule has 1 aromatic rings. The van der Waals surface area contributed by atoms with Gasteiger partial charge >= 0.3 is 11.9 Å². The summed E-state index contributed by atoms with van der Waals surface area (Å²) < 4.78 is 30.7. The Labute approximate surface area is 89.3 Å². The van der Waals surface area contributed by atoms with Crippen molar-refractivity contribution in [1.29, 1.82) is 0 Å². The van der Waals surface area contributed by atoms with E-state index in [-0.39, 0.29) is 11.5 Å². The van der Waals surface area contributed by atoms with Crippen LogP contribution in [0.1, 0.15) is 17.9 Å². The monoisotopic (exact) mass is 236 g/mol. The third kappa shape index (κ3) is 2.51. The Morgan fingerprint density at radius 1 is 1.73 bits per heavy atom. The van der Waals surface area contributed by atoms with Gasteiger partial charge in [0.1, 0.15) is 0 Å². The highest BCUT2D eigenvalue weighted by molar-refractivity contribution is 7.10. The normalized spacial score (nSPS) is 13.6. The highest BCUT2D eigenvalue weighted by Gasteiger charge is 2.49. The second kappa shape index (κ2) is 4.67. The molecule has 1 aromatic heterocycles. The van der Waals surface area contributed by atoms with Gasteiger partial charge in [0.05, 0.1) is 6.61 Å². The molecule has 84 valence electrons. The van der Waals surface area contributed by atoms with Gasteiger partial charge in [-0.1, -0.05) is 6.07 Å². The molecule has 0 aromatic carbocycles. The number of thiophene rings is 1. The van der Waals surface area contributed by atoms with Crippen LogP contribution in [0.3, 0.4) is 0 Å². The van der Waals surface area contributed by atoms with Gasteiger partial charge in [-0.05, 0) is 18.4 Å². The van der Waals surface area contributed by atoms with Crippen LogP contribution >= 0.6 is 11.3 Å². The topological polar surface area (TPSA) is 46.5 Å². The van der Waals surface area contributed by atoms with E-state index in [2.05, 4.69) is 4.74 Å². The van der Waals surface area contributed by atoms with Gasteiger partial charge in [0.25, 0.3) is 0 Å². The standard InChI is InChI=1S/C9H10F2O3S/c1-2-14-8(13)9(10,11)7(12)6-4-3-5-15-6/h3-5,7,12H,2H2,1H3. The molecule has 6 heteroatoms. The van der Waals surface area contributed by atoms with Crippen LogP contribution < -0.4 is 0 Å². The van der Waals surface area contributed by atoms with Gasteiger partial charge in [-0.2, -0.15) is 8.78 Å². The van der Waals surface area contributed by atoms with Crippen molar-refractivity contribution in [3.63, 3.8) is 0 Å². The molecule has 0 amide bonds. The van der Waals surface area contributed by atoms with E-state index in [0.29, 0.717) is 0 Å². The summed E-state index contributed by atoms with van der Waals surface area (Å²) in [5.74, 6) is -5.60. The number of aliphatic hydroxyl groups excluding tert-OH is 1. The summed E-state index contributed by atoms with van der Waals surface area (Å²) in [4.78, 5) is 10.9. The van der Waals surface area contributed by atoms with Crippen molar-refractivity contribution < 1.29 is 23.4 Å². The Hall–Kier alpha value is -1.01. The zero-order valence-corrected chi connectivity index (χ0v) is 8.76. The van der Waals surface area contributed by atoms with Crippen molar-refractivity contribution in [3.05, 3.63) is 22.4 Å². The Morgan fingerprint density at radius 3 is 2.87 bits per heavy atom. The molecule has 0 fully saturated rings. The molecular formula is C9H10F2O3S. The number of halogens is 2. The van der Waals surface area contributed by atoms with E-state index < -0.39 is 18.0 Å². The molecule has 15 heavy (non-hydrogen) atoms. The van der Waals surface area contributed by atoms with Crippen LogP contribution in [0.4, 0.5) is 8.78 Å². The molecule has 3 nitrogen and oxygen atoms in total. The predicted octanol–water partition coefficient (Wildman–Crippen LogP) is 1.98. The van der Waals surface area contributed by atoms with Crippen LogP contribution in [0, 0.1) is 0 Å². The van der Waals surface area contributed by atoms with E-state index >= 15 is 0 Å². The first-order chi connectivity index (χ1) is 7.00. The number of ether oxygens (including phenoxy) is 1. The van der Waals surface area contributed by atoms with Gasteiger partial charge in [-0.15, -0.1) is 11.3 Å². The van der Waals surface area contributed by atoms with Crippen LogP contribution in [0.25, 0.3) is 0 Å². The lowest BCUT2D eigenvalue weighted by atomic mass is 10.1. The minimum atomic E-state index is -3.90. The fraction of sp³-hybridized carbons (Fsp3) is 0.444. The van der Waals surface area contributed by atoms with Gasteiger partial charge in [0.15, 0.2) is 6.10 Å². The lowest BCUT2D eigenvalue weighted by Gasteiger charge is -2.19. The maximum atomic E-state index is 13.2. The van der Waals surface area contributed by atoms with E-state index in [4.69, 9.17) is 0 Å². The van der Waals surface area contributed by atoms with E-state index in [0.717, 1.165) is 11.3 Å². The molecule has 1 N–H and O–H groups in total. The van der Waals surface area contributed by atoms with Crippen LogP contribution in [0.15, 0.2) is 17.5 Å². The van der Waals surface area contributed by atoms with Gasteiger partial charge in [0, 0.05) is 4.88 Å². The number of aliphatic hydroxyl groups is 1.